The molecule has 0 aromatic rings. The fourth-order valence-electron chi connectivity index (χ4n) is 1.91. The van der Waals surface area contributed by atoms with Crippen LogP contribution in [-0.2, 0) is 9.53 Å². The number of ether oxygens (including phenoxy) is 1. The maximum absolute atomic E-state index is 12.4. The molecule has 82 valence electrons. The summed E-state index contributed by atoms with van der Waals surface area (Å²) in [6.07, 6.45) is -2.21. The van der Waals surface area contributed by atoms with Crippen molar-refractivity contribution in [2.45, 2.75) is 25.3 Å². The van der Waals surface area contributed by atoms with E-state index in [0.29, 0.717) is 0 Å². The van der Waals surface area contributed by atoms with E-state index in [1.54, 1.807) is 18.9 Å². The van der Waals surface area contributed by atoms with Gasteiger partial charge in [0.05, 0.1) is 7.11 Å². The molecule has 0 aromatic carbocycles. The predicted molar refractivity (Wildman–Crippen MR) is 47.2 cm³/mol. The van der Waals surface area contributed by atoms with E-state index in [9.17, 15) is 13.6 Å². The second-order valence-corrected chi connectivity index (χ2v) is 3.94. The van der Waals surface area contributed by atoms with E-state index in [2.05, 4.69) is 4.74 Å². The van der Waals surface area contributed by atoms with Crippen molar-refractivity contribution in [3.8, 4) is 0 Å². The molecule has 0 amide bonds. The molecule has 2 unspecified atom stereocenters. The van der Waals surface area contributed by atoms with Crippen LogP contribution in [0.2, 0.25) is 0 Å². The lowest BCUT2D eigenvalue weighted by Gasteiger charge is -2.28. The number of esters is 1. The van der Waals surface area contributed by atoms with Gasteiger partial charge in [0, 0.05) is 12.5 Å². The molecule has 1 rings (SSSR count). The smallest absolute Gasteiger partial charge is 0.325 e. The SMILES string of the molecule is COC(=O)C1(C)CC(C(F)F)CN1C. The Kier molecular flexibility index (Phi) is 3.09. The predicted octanol–water partition coefficient (Wildman–Crippen LogP) is 1.13. The van der Waals surface area contributed by atoms with Crippen LogP contribution in [0.5, 0.6) is 0 Å². The second-order valence-electron chi connectivity index (χ2n) is 3.94. The van der Waals surface area contributed by atoms with Gasteiger partial charge >= 0.3 is 5.97 Å². The van der Waals surface area contributed by atoms with Gasteiger partial charge in [-0.2, -0.15) is 0 Å². The normalized spacial score (nSPS) is 33.7. The summed E-state index contributed by atoms with van der Waals surface area (Å²) >= 11 is 0. The summed E-state index contributed by atoms with van der Waals surface area (Å²) in [5.74, 6) is -1.17. The molecule has 0 spiro atoms. The highest BCUT2D eigenvalue weighted by Crippen LogP contribution is 2.35. The van der Waals surface area contributed by atoms with Crippen LogP contribution in [0.3, 0.4) is 0 Å². The molecule has 0 N–H and O–H groups in total. The van der Waals surface area contributed by atoms with Crippen molar-refractivity contribution in [1.82, 2.24) is 4.90 Å². The Morgan fingerprint density at radius 3 is 2.57 bits per heavy atom. The number of likely N-dealkylation sites (tertiary alicyclic amines) is 1. The van der Waals surface area contributed by atoms with Gasteiger partial charge in [-0.15, -0.1) is 0 Å². The molecule has 3 nitrogen and oxygen atoms in total. The summed E-state index contributed by atoms with van der Waals surface area (Å²) in [4.78, 5) is 13.0. The number of likely N-dealkylation sites (N-methyl/N-ethyl adjacent to an activating group) is 1. The minimum atomic E-state index is -2.37. The van der Waals surface area contributed by atoms with Gasteiger partial charge in [0.2, 0.25) is 6.43 Å². The summed E-state index contributed by atoms with van der Waals surface area (Å²) in [6.45, 7) is 1.88. The molecule has 1 aliphatic rings. The Balaban J connectivity index is 2.77. The zero-order valence-electron chi connectivity index (χ0n) is 8.59. The number of alkyl halides is 2. The van der Waals surface area contributed by atoms with Gasteiger partial charge in [-0.05, 0) is 20.4 Å². The number of rotatable bonds is 2. The van der Waals surface area contributed by atoms with Gasteiger partial charge < -0.3 is 4.74 Å². The lowest BCUT2D eigenvalue weighted by molar-refractivity contribution is -0.151. The number of halogens is 2. The Morgan fingerprint density at radius 2 is 2.21 bits per heavy atom. The van der Waals surface area contributed by atoms with Crippen LogP contribution in [-0.4, -0.2) is 43.5 Å². The lowest BCUT2D eigenvalue weighted by atomic mass is 9.95. The minimum absolute atomic E-state index is 0.161. The molecule has 1 aliphatic heterocycles. The standard InChI is InChI=1S/C9H15F2NO2/c1-9(8(13)14-3)4-6(7(10)11)5-12(9)2/h6-7H,4-5H2,1-3H3. The summed E-state index contributed by atoms with van der Waals surface area (Å²) in [6, 6.07) is 0. The molecule has 0 bridgehead atoms. The maximum Gasteiger partial charge on any atom is 0.325 e. The molecule has 14 heavy (non-hydrogen) atoms. The number of carbonyl (C=O) groups excluding carboxylic acids is 1. The van der Waals surface area contributed by atoms with Crippen molar-refractivity contribution in [1.29, 1.82) is 0 Å². The molecule has 0 saturated carbocycles. The van der Waals surface area contributed by atoms with Crippen LogP contribution in [0.4, 0.5) is 8.78 Å². The lowest BCUT2D eigenvalue weighted by Crippen LogP contribution is -2.46. The van der Waals surface area contributed by atoms with Crippen LogP contribution >= 0.6 is 0 Å². The van der Waals surface area contributed by atoms with E-state index < -0.39 is 23.9 Å². The van der Waals surface area contributed by atoms with E-state index in [4.69, 9.17) is 0 Å². The fraction of sp³-hybridized carbons (Fsp3) is 0.889. The van der Waals surface area contributed by atoms with E-state index >= 15 is 0 Å². The third-order valence-corrected chi connectivity index (χ3v) is 2.99. The van der Waals surface area contributed by atoms with Gasteiger partial charge in [0.1, 0.15) is 5.54 Å². The average Bonchev–Trinajstić information content (AvgIpc) is 2.43. The molecule has 0 radical (unpaired) electrons. The Bertz CT molecular complexity index is 235. The first-order valence-corrected chi connectivity index (χ1v) is 4.49. The second kappa shape index (κ2) is 3.81. The molecular formula is C9H15F2NO2. The molecule has 0 aliphatic carbocycles. The van der Waals surface area contributed by atoms with Crippen molar-refractivity contribution in [3.05, 3.63) is 0 Å². The van der Waals surface area contributed by atoms with Crippen molar-refractivity contribution >= 4 is 5.97 Å². The van der Waals surface area contributed by atoms with Crippen LogP contribution in [0.15, 0.2) is 0 Å². The first-order valence-electron chi connectivity index (χ1n) is 4.49. The first-order chi connectivity index (χ1) is 6.41. The van der Waals surface area contributed by atoms with Crippen molar-refractivity contribution in [3.63, 3.8) is 0 Å². The zero-order chi connectivity index (χ0) is 10.9. The molecule has 1 saturated heterocycles. The highest BCUT2D eigenvalue weighted by Gasteiger charge is 2.49. The van der Waals surface area contributed by atoms with Gasteiger partial charge in [0.15, 0.2) is 0 Å². The maximum atomic E-state index is 12.4. The first kappa shape index (κ1) is 11.4. The van der Waals surface area contributed by atoms with Gasteiger partial charge in [-0.3, -0.25) is 9.69 Å². The highest BCUT2D eigenvalue weighted by atomic mass is 19.3. The minimum Gasteiger partial charge on any atom is -0.468 e. The number of carbonyl (C=O) groups is 1. The largest absolute Gasteiger partial charge is 0.468 e. The fourth-order valence-corrected chi connectivity index (χ4v) is 1.91. The van der Waals surface area contributed by atoms with Gasteiger partial charge in [-0.1, -0.05) is 0 Å². The Morgan fingerprint density at radius 1 is 1.64 bits per heavy atom. The molecule has 2 atom stereocenters. The zero-order valence-corrected chi connectivity index (χ0v) is 8.59. The summed E-state index contributed by atoms with van der Waals surface area (Å²) in [5.41, 5.74) is -0.893. The monoisotopic (exact) mass is 207 g/mol. The van der Waals surface area contributed by atoms with E-state index in [0.717, 1.165) is 0 Å². The van der Waals surface area contributed by atoms with Crippen molar-refractivity contribution in [2.24, 2.45) is 5.92 Å². The van der Waals surface area contributed by atoms with Crippen LogP contribution in [0.1, 0.15) is 13.3 Å². The molecule has 1 fully saturated rings. The summed E-state index contributed by atoms with van der Waals surface area (Å²) < 4.78 is 29.5. The molecule has 5 heteroatoms. The topological polar surface area (TPSA) is 29.5 Å². The van der Waals surface area contributed by atoms with E-state index in [1.807, 2.05) is 0 Å². The third kappa shape index (κ3) is 1.73. The number of methoxy groups -OCH3 is 1. The van der Waals surface area contributed by atoms with Crippen molar-refractivity contribution in [2.75, 3.05) is 20.7 Å². The van der Waals surface area contributed by atoms with Gasteiger partial charge in [-0.25, -0.2) is 8.78 Å². The number of hydrogen-bond donors (Lipinski definition) is 0. The molecular weight excluding hydrogens is 192 g/mol. The van der Waals surface area contributed by atoms with Gasteiger partial charge in [0.25, 0.3) is 0 Å². The Labute approximate surface area is 82.0 Å². The summed E-state index contributed by atoms with van der Waals surface area (Å²) in [7, 11) is 2.94. The third-order valence-electron chi connectivity index (χ3n) is 2.99. The average molecular weight is 207 g/mol. The number of nitrogens with zero attached hydrogens (tertiary/aromatic N) is 1. The van der Waals surface area contributed by atoms with E-state index in [1.165, 1.54) is 7.11 Å². The van der Waals surface area contributed by atoms with E-state index in [-0.39, 0.29) is 13.0 Å². The van der Waals surface area contributed by atoms with Crippen LogP contribution in [0.25, 0.3) is 0 Å². The number of hydrogen-bond acceptors (Lipinski definition) is 3. The molecule has 0 aromatic heterocycles. The van der Waals surface area contributed by atoms with Crippen LogP contribution in [0, 0.1) is 5.92 Å². The molecule has 1 heterocycles. The Hall–Kier alpha value is -0.710. The quantitative estimate of drug-likeness (QED) is 0.636. The summed E-state index contributed by atoms with van der Waals surface area (Å²) in [5, 5.41) is 0. The van der Waals surface area contributed by atoms with Crippen molar-refractivity contribution < 1.29 is 18.3 Å². The highest BCUT2D eigenvalue weighted by molar-refractivity contribution is 5.80. The van der Waals surface area contributed by atoms with Crippen LogP contribution < -0.4 is 0 Å².